The van der Waals surface area contributed by atoms with Gasteiger partial charge in [0, 0.05) is 38.0 Å². The number of nitrogens with one attached hydrogen (secondary N) is 1. The molecule has 0 saturated heterocycles. The third-order valence-electron chi connectivity index (χ3n) is 3.96. The second-order valence-electron chi connectivity index (χ2n) is 5.87. The molecule has 5 nitrogen and oxygen atoms in total. The van der Waals surface area contributed by atoms with Crippen LogP contribution in [-0.4, -0.2) is 44.0 Å². The lowest BCUT2D eigenvalue weighted by Gasteiger charge is -2.19. The van der Waals surface area contributed by atoms with Crippen LogP contribution in [0.25, 0.3) is 0 Å². The summed E-state index contributed by atoms with van der Waals surface area (Å²) in [4.78, 5) is 25.7. The first-order valence-electron chi connectivity index (χ1n) is 8.43. The van der Waals surface area contributed by atoms with Crippen LogP contribution in [-0.2, 0) is 11.2 Å². The molecule has 0 fully saturated rings. The molecule has 0 aromatic heterocycles. The molecule has 0 heterocycles. The fourth-order valence-corrected chi connectivity index (χ4v) is 2.78. The van der Waals surface area contributed by atoms with Crippen LogP contribution in [0.5, 0.6) is 5.75 Å². The van der Waals surface area contributed by atoms with Crippen molar-refractivity contribution in [2.24, 2.45) is 0 Å². The first-order chi connectivity index (χ1) is 12.5. The van der Waals surface area contributed by atoms with Crippen LogP contribution in [0, 0.1) is 0 Å². The van der Waals surface area contributed by atoms with E-state index in [0.717, 1.165) is 10.9 Å². The smallest absolute Gasteiger partial charge is 0.257 e. The summed E-state index contributed by atoms with van der Waals surface area (Å²) in [5.41, 5.74) is 1.66. The van der Waals surface area contributed by atoms with Crippen molar-refractivity contribution in [2.75, 3.05) is 27.2 Å². The van der Waals surface area contributed by atoms with E-state index in [4.69, 9.17) is 4.74 Å². The van der Waals surface area contributed by atoms with Crippen LogP contribution >= 0.6 is 15.9 Å². The molecule has 2 rings (SSSR count). The molecule has 0 saturated carbocycles. The molecule has 0 aliphatic heterocycles. The van der Waals surface area contributed by atoms with E-state index in [-0.39, 0.29) is 18.2 Å². The van der Waals surface area contributed by atoms with E-state index in [1.807, 2.05) is 36.4 Å². The molecular formula is C20H23BrN2O3. The van der Waals surface area contributed by atoms with Gasteiger partial charge in [-0.15, -0.1) is 0 Å². The minimum absolute atomic E-state index is 0.0989. The van der Waals surface area contributed by atoms with Crippen LogP contribution < -0.4 is 10.1 Å². The Labute approximate surface area is 162 Å². The maximum atomic E-state index is 12.7. The Hall–Kier alpha value is -2.34. The lowest BCUT2D eigenvalue weighted by Crippen LogP contribution is -2.31. The van der Waals surface area contributed by atoms with Crippen molar-refractivity contribution >= 4 is 27.7 Å². The number of nitrogens with zero attached hydrogens (tertiary/aromatic N) is 1. The van der Waals surface area contributed by atoms with Crippen molar-refractivity contribution in [2.45, 2.75) is 12.8 Å². The molecule has 0 unspecified atom stereocenters. The molecule has 2 aromatic rings. The molecule has 0 spiro atoms. The zero-order valence-corrected chi connectivity index (χ0v) is 16.6. The average Bonchev–Trinajstić information content (AvgIpc) is 2.67. The van der Waals surface area contributed by atoms with Crippen molar-refractivity contribution in [3.63, 3.8) is 0 Å². The van der Waals surface area contributed by atoms with E-state index >= 15 is 0 Å². The Balaban J connectivity index is 2.03. The maximum Gasteiger partial charge on any atom is 0.257 e. The maximum absolute atomic E-state index is 12.7. The zero-order valence-electron chi connectivity index (χ0n) is 15.0. The Morgan fingerprint density at radius 2 is 1.88 bits per heavy atom. The van der Waals surface area contributed by atoms with Gasteiger partial charge in [-0.05, 0) is 23.8 Å². The van der Waals surface area contributed by atoms with Crippen LogP contribution in [0.15, 0.2) is 53.0 Å². The number of hydrogen-bond donors (Lipinski definition) is 1. The number of amides is 2. The van der Waals surface area contributed by atoms with E-state index in [2.05, 4.69) is 21.2 Å². The third-order valence-corrected chi connectivity index (χ3v) is 4.46. The molecule has 0 atom stereocenters. The van der Waals surface area contributed by atoms with E-state index in [0.29, 0.717) is 24.5 Å². The monoisotopic (exact) mass is 418 g/mol. The molecule has 0 radical (unpaired) electrons. The second kappa shape index (κ2) is 9.97. The number of carbonyl (C=O) groups is 2. The number of ether oxygens (including phenoxy) is 1. The molecule has 0 aliphatic carbocycles. The van der Waals surface area contributed by atoms with Crippen LogP contribution in [0.3, 0.4) is 0 Å². The summed E-state index contributed by atoms with van der Waals surface area (Å²) in [6.45, 7) is 0.822. The highest BCUT2D eigenvalue weighted by atomic mass is 79.9. The summed E-state index contributed by atoms with van der Waals surface area (Å²) in [7, 11) is 3.26. The molecule has 26 heavy (non-hydrogen) atoms. The molecule has 2 amide bonds. The number of benzene rings is 2. The largest absolute Gasteiger partial charge is 0.492 e. The fraction of sp³-hybridized carbons (Fsp3) is 0.300. The van der Waals surface area contributed by atoms with Crippen molar-refractivity contribution in [3.05, 3.63) is 64.1 Å². The molecule has 0 aliphatic rings. The highest BCUT2D eigenvalue weighted by molar-refractivity contribution is 9.10. The number of hydrogen-bond acceptors (Lipinski definition) is 3. The number of rotatable bonds is 8. The van der Waals surface area contributed by atoms with Crippen molar-refractivity contribution in [1.82, 2.24) is 10.2 Å². The summed E-state index contributed by atoms with van der Waals surface area (Å²) in [5, 5.41) is 2.55. The van der Waals surface area contributed by atoms with Gasteiger partial charge in [0.05, 0.1) is 12.2 Å². The topological polar surface area (TPSA) is 58.6 Å². The third kappa shape index (κ3) is 5.88. The quantitative estimate of drug-likeness (QED) is 0.715. The summed E-state index contributed by atoms with van der Waals surface area (Å²) in [5.74, 6) is 0.268. The predicted molar refractivity (Wildman–Crippen MR) is 105 cm³/mol. The SMILES string of the molecule is CNC(=O)CCN(C)C(=O)c1cc(Br)ccc1OCCc1ccccc1. The lowest BCUT2D eigenvalue weighted by atomic mass is 10.1. The van der Waals surface area contributed by atoms with Gasteiger partial charge in [-0.1, -0.05) is 46.3 Å². The molecule has 6 heteroatoms. The van der Waals surface area contributed by atoms with Gasteiger partial charge in [0.1, 0.15) is 5.75 Å². The second-order valence-corrected chi connectivity index (χ2v) is 6.79. The average molecular weight is 419 g/mol. The standard InChI is InChI=1S/C20H23BrN2O3/c1-22-19(24)10-12-23(2)20(25)17-14-16(21)8-9-18(17)26-13-11-15-6-4-3-5-7-15/h3-9,14H,10-13H2,1-2H3,(H,22,24). The summed E-state index contributed by atoms with van der Waals surface area (Å²) in [6, 6.07) is 15.4. The summed E-state index contributed by atoms with van der Waals surface area (Å²) >= 11 is 3.40. The van der Waals surface area contributed by atoms with Gasteiger partial charge in [0.15, 0.2) is 0 Å². The zero-order chi connectivity index (χ0) is 18.9. The van der Waals surface area contributed by atoms with Crippen molar-refractivity contribution in [1.29, 1.82) is 0 Å². The fourth-order valence-electron chi connectivity index (χ4n) is 2.42. The van der Waals surface area contributed by atoms with Gasteiger partial charge in [0.2, 0.25) is 5.91 Å². The first kappa shape index (κ1) is 20.0. The first-order valence-corrected chi connectivity index (χ1v) is 9.23. The van der Waals surface area contributed by atoms with E-state index in [1.54, 1.807) is 26.2 Å². The number of halogens is 1. The van der Waals surface area contributed by atoms with Gasteiger partial charge in [-0.3, -0.25) is 9.59 Å². The minimum Gasteiger partial charge on any atom is -0.492 e. The molecule has 138 valence electrons. The van der Waals surface area contributed by atoms with Gasteiger partial charge in [-0.25, -0.2) is 0 Å². The van der Waals surface area contributed by atoms with Gasteiger partial charge < -0.3 is 15.0 Å². The van der Waals surface area contributed by atoms with Crippen molar-refractivity contribution in [3.8, 4) is 5.75 Å². The van der Waals surface area contributed by atoms with Crippen LogP contribution in [0.2, 0.25) is 0 Å². The normalized spacial score (nSPS) is 10.3. The Kier molecular flexibility index (Phi) is 7.66. The van der Waals surface area contributed by atoms with Crippen LogP contribution in [0.4, 0.5) is 0 Å². The lowest BCUT2D eigenvalue weighted by molar-refractivity contribution is -0.120. The highest BCUT2D eigenvalue weighted by Gasteiger charge is 2.18. The number of carbonyl (C=O) groups excluding carboxylic acids is 2. The molecular weight excluding hydrogens is 396 g/mol. The Morgan fingerprint density at radius 1 is 1.15 bits per heavy atom. The summed E-state index contributed by atoms with van der Waals surface area (Å²) < 4.78 is 6.67. The van der Waals surface area contributed by atoms with E-state index in [1.165, 1.54) is 10.5 Å². The Morgan fingerprint density at radius 3 is 2.58 bits per heavy atom. The van der Waals surface area contributed by atoms with Gasteiger partial charge in [0.25, 0.3) is 5.91 Å². The molecule has 0 bridgehead atoms. The Bertz CT molecular complexity index is 750. The van der Waals surface area contributed by atoms with Gasteiger partial charge >= 0.3 is 0 Å². The highest BCUT2D eigenvalue weighted by Crippen LogP contribution is 2.25. The molecule has 1 N–H and O–H groups in total. The van der Waals surface area contributed by atoms with E-state index < -0.39 is 0 Å². The molecule has 2 aromatic carbocycles. The predicted octanol–water partition coefficient (Wildman–Crippen LogP) is 3.28. The minimum atomic E-state index is -0.176. The van der Waals surface area contributed by atoms with Crippen molar-refractivity contribution < 1.29 is 14.3 Å². The van der Waals surface area contributed by atoms with E-state index in [9.17, 15) is 9.59 Å². The van der Waals surface area contributed by atoms with Gasteiger partial charge in [-0.2, -0.15) is 0 Å². The summed E-state index contributed by atoms with van der Waals surface area (Å²) in [6.07, 6.45) is 1.02. The van der Waals surface area contributed by atoms with Crippen LogP contribution in [0.1, 0.15) is 22.3 Å².